The van der Waals surface area contributed by atoms with Crippen molar-refractivity contribution >= 4 is 11.9 Å². The predicted molar refractivity (Wildman–Crippen MR) is 58.6 cm³/mol. The maximum absolute atomic E-state index is 10.7. The van der Waals surface area contributed by atoms with E-state index in [2.05, 4.69) is 10.4 Å². The average Bonchev–Trinajstić information content (AvgIpc) is 2.74. The fourth-order valence-electron chi connectivity index (χ4n) is 1.42. The van der Waals surface area contributed by atoms with Gasteiger partial charge in [-0.2, -0.15) is 5.10 Å². The zero-order chi connectivity index (χ0) is 12.7. The van der Waals surface area contributed by atoms with E-state index < -0.39 is 11.9 Å². The van der Waals surface area contributed by atoms with Crippen molar-refractivity contribution in [1.29, 1.82) is 0 Å². The normalized spacial score (nSPS) is 12.2. The highest BCUT2D eigenvalue weighted by molar-refractivity contribution is 5.67. The van der Waals surface area contributed by atoms with Crippen LogP contribution in [-0.4, -0.2) is 45.0 Å². The summed E-state index contributed by atoms with van der Waals surface area (Å²) >= 11 is 0. The van der Waals surface area contributed by atoms with Gasteiger partial charge in [-0.3, -0.25) is 14.3 Å². The Morgan fingerprint density at radius 1 is 1.35 bits per heavy atom. The van der Waals surface area contributed by atoms with Crippen LogP contribution in [0.3, 0.4) is 0 Å². The third-order valence-electron chi connectivity index (χ3n) is 2.20. The van der Waals surface area contributed by atoms with Crippen LogP contribution in [0.25, 0.3) is 0 Å². The first-order chi connectivity index (χ1) is 8.09. The summed E-state index contributed by atoms with van der Waals surface area (Å²) in [5.74, 6) is -1.79. The van der Waals surface area contributed by atoms with Crippen LogP contribution in [0.15, 0.2) is 18.5 Å². The van der Waals surface area contributed by atoms with Gasteiger partial charge >= 0.3 is 11.9 Å². The highest BCUT2D eigenvalue weighted by Crippen LogP contribution is 2.08. The van der Waals surface area contributed by atoms with Gasteiger partial charge in [0.05, 0.1) is 18.9 Å². The molecule has 1 heterocycles. The first kappa shape index (κ1) is 13.2. The number of carbonyl (C=O) groups is 2. The van der Waals surface area contributed by atoms with Crippen molar-refractivity contribution in [2.75, 3.05) is 13.1 Å². The average molecular weight is 241 g/mol. The lowest BCUT2D eigenvalue weighted by Gasteiger charge is -2.16. The lowest BCUT2D eigenvalue weighted by Crippen LogP contribution is -2.29. The molecule has 0 fully saturated rings. The van der Waals surface area contributed by atoms with Crippen LogP contribution in [0, 0.1) is 0 Å². The molecule has 1 rings (SSSR count). The molecule has 0 aliphatic rings. The minimum absolute atomic E-state index is 0.0128. The number of carboxylic acid groups (broad SMARTS) is 2. The van der Waals surface area contributed by atoms with Gasteiger partial charge in [-0.05, 0) is 6.07 Å². The zero-order valence-corrected chi connectivity index (χ0v) is 9.24. The molecule has 7 heteroatoms. The minimum Gasteiger partial charge on any atom is -0.481 e. The Morgan fingerprint density at radius 2 is 2.12 bits per heavy atom. The van der Waals surface area contributed by atoms with Gasteiger partial charge in [0.15, 0.2) is 0 Å². The minimum atomic E-state index is -0.912. The molecular formula is C10H15N3O4. The van der Waals surface area contributed by atoms with E-state index in [-0.39, 0.29) is 18.9 Å². The van der Waals surface area contributed by atoms with Crippen molar-refractivity contribution < 1.29 is 19.8 Å². The summed E-state index contributed by atoms with van der Waals surface area (Å²) in [5, 5.41) is 24.1. The van der Waals surface area contributed by atoms with E-state index in [0.29, 0.717) is 13.1 Å². The van der Waals surface area contributed by atoms with Gasteiger partial charge < -0.3 is 15.5 Å². The summed E-state index contributed by atoms with van der Waals surface area (Å²) in [6, 6.07) is 1.41. The van der Waals surface area contributed by atoms with Crippen LogP contribution < -0.4 is 5.32 Å². The topological polar surface area (TPSA) is 104 Å². The van der Waals surface area contributed by atoms with Gasteiger partial charge in [0.25, 0.3) is 0 Å². The van der Waals surface area contributed by atoms with E-state index in [0.717, 1.165) is 0 Å². The molecule has 0 saturated heterocycles. The third kappa shape index (κ3) is 5.12. The Kier molecular flexibility index (Phi) is 5.15. The number of nitrogens with zero attached hydrogens (tertiary/aromatic N) is 2. The van der Waals surface area contributed by atoms with E-state index in [1.807, 2.05) is 0 Å². The van der Waals surface area contributed by atoms with Crippen molar-refractivity contribution in [3.05, 3.63) is 18.5 Å². The number of hydrogen-bond donors (Lipinski definition) is 3. The lowest BCUT2D eigenvalue weighted by molar-refractivity contribution is -0.138. The SMILES string of the molecule is O=C(O)CCNCC(CC(=O)O)n1cccn1. The maximum Gasteiger partial charge on any atom is 0.305 e. The lowest BCUT2D eigenvalue weighted by atomic mass is 10.2. The third-order valence-corrected chi connectivity index (χ3v) is 2.20. The molecule has 0 bridgehead atoms. The number of nitrogens with one attached hydrogen (secondary N) is 1. The molecule has 1 aromatic rings. The zero-order valence-electron chi connectivity index (χ0n) is 9.24. The Bertz CT molecular complexity index is 364. The standard InChI is InChI=1S/C10H15N3O4/c14-9(15)2-4-11-7-8(6-10(16)17)13-5-1-3-12-13/h1,3,5,8,11H,2,4,6-7H2,(H,14,15)(H,16,17). The molecule has 0 saturated carbocycles. The van der Waals surface area contributed by atoms with Crippen LogP contribution in [0.4, 0.5) is 0 Å². The fourth-order valence-corrected chi connectivity index (χ4v) is 1.42. The Hall–Kier alpha value is -1.89. The molecule has 0 spiro atoms. The van der Waals surface area contributed by atoms with E-state index in [1.165, 1.54) is 0 Å². The van der Waals surface area contributed by atoms with E-state index >= 15 is 0 Å². The first-order valence-corrected chi connectivity index (χ1v) is 5.23. The summed E-state index contributed by atoms with van der Waals surface area (Å²) in [7, 11) is 0. The van der Waals surface area contributed by atoms with Gasteiger partial charge in [0, 0.05) is 25.5 Å². The molecule has 0 amide bonds. The fraction of sp³-hybridized carbons (Fsp3) is 0.500. The van der Waals surface area contributed by atoms with E-state index in [9.17, 15) is 9.59 Å². The van der Waals surface area contributed by atoms with Crippen molar-refractivity contribution in [1.82, 2.24) is 15.1 Å². The van der Waals surface area contributed by atoms with Crippen LogP contribution in [-0.2, 0) is 9.59 Å². The molecule has 1 unspecified atom stereocenters. The molecule has 1 atom stereocenters. The Labute approximate surface area is 98.1 Å². The van der Waals surface area contributed by atoms with Gasteiger partial charge in [-0.1, -0.05) is 0 Å². The second-order valence-corrected chi connectivity index (χ2v) is 3.59. The number of rotatable bonds is 8. The predicted octanol–water partition coefficient (Wildman–Crippen LogP) is -0.0368. The van der Waals surface area contributed by atoms with Gasteiger partial charge in [-0.25, -0.2) is 0 Å². The smallest absolute Gasteiger partial charge is 0.305 e. The van der Waals surface area contributed by atoms with Gasteiger partial charge in [0.2, 0.25) is 0 Å². The Balaban J connectivity index is 2.42. The van der Waals surface area contributed by atoms with Crippen LogP contribution in [0.1, 0.15) is 18.9 Å². The number of aliphatic carboxylic acids is 2. The second-order valence-electron chi connectivity index (χ2n) is 3.59. The first-order valence-electron chi connectivity index (χ1n) is 5.23. The summed E-state index contributed by atoms with van der Waals surface area (Å²) in [6.07, 6.45) is 3.22. The largest absolute Gasteiger partial charge is 0.481 e. The molecule has 0 aliphatic heterocycles. The van der Waals surface area contributed by atoms with Crippen molar-refractivity contribution in [2.45, 2.75) is 18.9 Å². The second kappa shape index (κ2) is 6.64. The Morgan fingerprint density at radius 3 is 2.65 bits per heavy atom. The molecule has 0 radical (unpaired) electrons. The van der Waals surface area contributed by atoms with Crippen LogP contribution in [0.5, 0.6) is 0 Å². The molecule has 0 aromatic carbocycles. The quantitative estimate of drug-likeness (QED) is 0.552. The summed E-state index contributed by atoms with van der Waals surface area (Å²) in [4.78, 5) is 21.0. The highest BCUT2D eigenvalue weighted by Gasteiger charge is 2.15. The number of carboxylic acids is 2. The molecule has 94 valence electrons. The molecule has 1 aromatic heterocycles. The van der Waals surface area contributed by atoms with E-state index in [1.54, 1.807) is 23.1 Å². The van der Waals surface area contributed by atoms with Crippen LogP contribution >= 0.6 is 0 Å². The van der Waals surface area contributed by atoms with Crippen molar-refractivity contribution in [2.24, 2.45) is 0 Å². The van der Waals surface area contributed by atoms with Gasteiger partial charge in [-0.15, -0.1) is 0 Å². The van der Waals surface area contributed by atoms with Crippen molar-refractivity contribution in [3.8, 4) is 0 Å². The van der Waals surface area contributed by atoms with E-state index in [4.69, 9.17) is 10.2 Å². The number of aromatic nitrogens is 2. The molecule has 7 nitrogen and oxygen atoms in total. The summed E-state index contributed by atoms with van der Waals surface area (Å²) < 4.78 is 1.56. The monoisotopic (exact) mass is 241 g/mol. The van der Waals surface area contributed by atoms with Gasteiger partial charge in [0.1, 0.15) is 0 Å². The maximum atomic E-state index is 10.7. The highest BCUT2D eigenvalue weighted by atomic mass is 16.4. The molecule has 0 aliphatic carbocycles. The number of hydrogen-bond acceptors (Lipinski definition) is 4. The summed E-state index contributed by atoms with van der Waals surface area (Å²) in [6.45, 7) is 0.688. The molecule has 17 heavy (non-hydrogen) atoms. The molecule has 3 N–H and O–H groups in total. The molecular weight excluding hydrogens is 226 g/mol. The van der Waals surface area contributed by atoms with Crippen LogP contribution in [0.2, 0.25) is 0 Å². The summed E-state index contributed by atoms with van der Waals surface area (Å²) in [5.41, 5.74) is 0. The van der Waals surface area contributed by atoms with Crippen molar-refractivity contribution in [3.63, 3.8) is 0 Å².